The second-order valence-electron chi connectivity index (χ2n) is 6.30. The molecule has 1 fully saturated rings. The van der Waals surface area contributed by atoms with Crippen LogP contribution in [0.25, 0.3) is 0 Å². The minimum atomic E-state index is -3.60. The van der Waals surface area contributed by atoms with Gasteiger partial charge in [0.1, 0.15) is 0 Å². The van der Waals surface area contributed by atoms with Gasteiger partial charge in [0.25, 0.3) is 0 Å². The number of piperidine rings is 1. The van der Waals surface area contributed by atoms with E-state index in [1.165, 1.54) is 15.6 Å². The molecule has 0 aliphatic carbocycles. The number of hydrogen-bond donors (Lipinski definition) is 1. The zero-order chi connectivity index (χ0) is 18.0. The lowest BCUT2D eigenvalue weighted by Gasteiger charge is -2.31. The van der Waals surface area contributed by atoms with Crippen molar-refractivity contribution in [3.63, 3.8) is 0 Å². The van der Waals surface area contributed by atoms with Crippen LogP contribution in [0.1, 0.15) is 24.0 Å². The predicted molar refractivity (Wildman–Crippen MR) is 98.1 cm³/mol. The fraction of sp³-hybridized carbons (Fsp3) is 0.412. The van der Waals surface area contributed by atoms with Gasteiger partial charge in [-0.2, -0.15) is 4.31 Å². The summed E-state index contributed by atoms with van der Waals surface area (Å²) in [6.45, 7) is 4.31. The normalized spacial score (nSPS) is 18.9. The van der Waals surface area contributed by atoms with E-state index in [2.05, 4.69) is 10.3 Å². The maximum Gasteiger partial charge on any atom is 0.243 e. The first kappa shape index (κ1) is 18.0. The summed E-state index contributed by atoms with van der Waals surface area (Å²) in [7, 11) is -3.60. The molecule has 8 heteroatoms. The molecule has 25 heavy (non-hydrogen) atoms. The molecule has 0 saturated carbocycles. The summed E-state index contributed by atoms with van der Waals surface area (Å²) in [6.07, 6.45) is 2.97. The number of nitrogens with one attached hydrogen (secondary N) is 1. The topological polar surface area (TPSA) is 79.4 Å². The Bertz CT molecular complexity index is 863. The Morgan fingerprint density at radius 1 is 1.36 bits per heavy atom. The van der Waals surface area contributed by atoms with Gasteiger partial charge in [-0.15, -0.1) is 11.3 Å². The van der Waals surface area contributed by atoms with Gasteiger partial charge in [0.05, 0.1) is 10.8 Å². The van der Waals surface area contributed by atoms with Crippen LogP contribution in [0.2, 0.25) is 0 Å². The number of sulfonamides is 1. The molecule has 6 nitrogen and oxygen atoms in total. The molecule has 1 aliphatic heterocycles. The predicted octanol–water partition coefficient (Wildman–Crippen LogP) is 2.80. The molecule has 1 saturated heterocycles. The van der Waals surface area contributed by atoms with E-state index >= 15 is 0 Å². The number of nitrogens with zero attached hydrogens (tertiary/aromatic N) is 2. The van der Waals surface area contributed by atoms with E-state index in [1.54, 1.807) is 24.6 Å². The average molecular weight is 380 g/mol. The van der Waals surface area contributed by atoms with E-state index in [0.717, 1.165) is 11.1 Å². The molecule has 0 spiro atoms. The van der Waals surface area contributed by atoms with Crippen LogP contribution in [-0.4, -0.2) is 36.7 Å². The first-order valence-corrected chi connectivity index (χ1v) is 10.5. The second kappa shape index (κ2) is 7.23. The first-order valence-electron chi connectivity index (χ1n) is 8.15. The number of anilines is 1. The minimum Gasteiger partial charge on any atom is -0.302 e. The van der Waals surface area contributed by atoms with Crippen molar-refractivity contribution in [2.45, 2.75) is 31.6 Å². The Morgan fingerprint density at radius 2 is 2.16 bits per heavy atom. The molecule has 1 N–H and O–H groups in total. The SMILES string of the molecule is Cc1ccc(C)c(S(=O)(=O)N2CCCC(C(=O)Nc3nccs3)C2)c1. The number of carbonyl (C=O) groups is 1. The van der Waals surface area contributed by atoms with Gasteiger partial charge < -0.3 is 5.32 Å². The van der Waals surface area contributed by atoms with Crippen molar-refractivity contribution in [2.24, 2.45) is 5.92 Å². The number of amides is 1. The third-order valence-corrected chi connectivity index (χ3v) is 7.07. The number of thiazole rings is 1. The molecule has 1 aliphatic rings. The molecular weight excluding hydrogens is 358 g/mol. The lowest BCUT2D eigenvalue weighted by atomic mass is 9.99. The molecule has 0 radical (unpaired) electrons. The van der Waals surface area contributed by atoms with Crippen LogP contribution in [0.3, 0.4) is 0 Å². The summed E-state index contributed by atoms with van der Waals surface area (Å²) in [4.78, 5) is 16.8. The van der Waals surface area contributed by atoms with Gasteiger partial charge in [-0.25, -0.2) is 13.4 Å². The van der Waals surface area contributed by atoms with Gasteiger partial charge in [-0.05, 0) is 43.9 Å². The second-order valence-corrected chi connectivity index (χ2v) is 9.10. The lowest BCUT2D eigenvalue weighted by molar-refractivity contribution is -0.120. The van der Waals surface area contributed by atoms with Crippen molar-refractivity contribution in [2.75, 3.05) is 18.4 Å². The van der Waals surface area contributed by atoms with Gasteiger partial charge in [-0.1, -0.05) is 12.1 Å². The Balaban J connectivity index is 1.78. The van der Waals surface area contributed by atoms with Gasteiger partial charge in [0, 0.05) is 24.7 Å². The summed E-state index contributed by atoms with van der Waals surface area (Å²) in [5.41, 5.74) is 1.62. The highest BCUT2D eigenvalue weighted by Crippen LogP contribution is 2.27. The van der Waals surface area contributed by atoms with E-state index in [9.17, 15) is 13.2 Å². The number of rotatable bonds is 4. The van der Waals surface area contributed by atoms with E-state index in [-0.39, 0.29) is 18.4 Å². The van der Waals surface area contributed by atoms with Crippen LogP contribution in [0.5, 0.6) is 0 Å². The Hall–Kier alpha value is -1.77. The highest BCUT2D eigenvalue weighted by molar-refractivity contribution is 7.89. The number of benzene rings is 1. The maximum absolute atomic E-state index is 13.0. The standard InChI is InChI=1S/C17H21N3O3S2/c1-12-5-6-13(2)15(10-12)25(22,23)20-8-3-4-14(11-20)16(21)19-17-18-7-9-24-17/h5-7,9-10,14H,3-4,8,11H2,1-2H3,(H,18,19,21). The van der Waals surface area contributed by atoms with Gasteiger partial charge in [0.15, 0.2) is 5.13 Å². The highest BCUT2D eigenvalue weighted by Gasteiger charge is 2.34. The van der Waals surface area contributed by atoms with Crippen LogP contribution in [-0.2, 0) is 14.8 Å². The summed E-state index contributed by atoms with van der Waals surface area (Å²) in [5, 5.41) is 5.10. The molecular formula is C17H21N3O3S2. The monoisotopic (exact) mass is 379 g/mol. The lowest BCUT2D eigenvalue weighted by Crippen LogP contribution is -2.43. The van der Waals surface area contributed by atoms with Crippen molar-refractivity contribution < 1.29 is 13.2 Å². The molecule has 134 valence electrons. The van der Waals surface area contributed by atoms with Crippen LogP contribution < -0.4 is 5.32 Å². The average Bonchev–Trinajstić information content (AvgIpc) is 3.10. The molecule has 1 atom stereocenters. The summed E-state index contributed by atoms with van der Waals surface area (Å²) < 4.78 is 27.5. The Labute approximate surface area is 151 Å². The van der Waals surface area contributed by atoms with Crippen molar-refractivity contribution in [1.29, 1.82) is 0 Å². The van der Waals surface area contributed by atoms with Crippen molar-refractivity contribution in [1.82, 2.24) is 9.29 Å². The molecule has 2 aromatic rings. The van der Waals surface area contributed by atoms with Crippen LogP contribution in [0, 0.1) is 19.8 Å². The fourth-order valence-electron chi connectivity index (χ4n) is 2.99. The van der Waals surface area contributed by atoms with Crippen LogP contribution in [0.4, 0.5) is 5.13 Å². The third-order valence-electron chi connectivity index (χ3n) is 4.38. The Morgan fingerprint density at radius 3 is 2.88 bits per heavy atom. The van der Waals surface area contributed by atoms with Crippen molar-refractivity contribution >= 4 is 32.4 Å². The largest absolute Gasteiger partial charge is 0.302 e. The zero-order valence-electron chi connectivity index (χ0n) is 14.2. The van der Waals surface area contributed by atoms with Crippen molar-refractivity contribution in [3.8, 4) is 0 Å². The van der Waals surface area contributed by atoms with Gasteiger partial charge in [-0.3, -0.25) is 4.79 Å². The summed E-state index contributed by atoms with van der Waals surface area (Å²) in [6, 6.07) is 5.41. The fourth-order valence-corrected chi connectivity index (χ4v) is 5.36. The maximum atomic E-state index is 13.0. The summed E-state index contributed by atoms with van der Waals surface area (Å²) in [5.74, 6) is -0.534. The molecule has 2 heterocycles. The number of aromatic nitrogens is 1. The van der Waals surface area contributed by atoms with E-state index < -0.39 is 10.0 Å². The molecule has 1 unspecified atom stereocenters. The molecule has 1 aromatic carbocycles. The quantitative estimate of drug-likeness (QED) is 0.886. The zero-order valence-corrected chi connectivity index (χ0v) is 15.9. The smallest absolute Gasteiger partial charge is 0.243 e. The van der Waals surface area contributed by atoms with Gasteiger partial charge in [0.2, 0.25) is 15.9 Å². The van der Waals surface area contributed by atoms with Crippen LogP contribution >= 0.6 is 11.3 Å². The van der Waals surface area contributed by atoms with E-state index in [1.807, 2.05) is 19.1 Å². The van der Waals surface area contributed by atoms with Crippen molar-refractivity contribution in [3.05, 3.63) is 40.9 Å². The number of aryl methyl sites for hydroxylation is 2. The first-order chi connectivity index (χ1) is 11.9. The number of hydrogen-bond acceptors (Lipinski definition) is 5. The van der Waals surface area contributed by atoms with Crippen LogP contribution in [0.15, 0.2) is 34.7 Å². The molecule has 0 bridgehead atoms. The van der Waals surface area contributed by atoms with Gasteiger partial charge >= 0.3 is 0 Å². The summed E-state index contributed by atoms with van der Waals surface area (Å²) >= 11 is 1.35. The number of carbonyl (C=O) groups excluding carboxylic acids is 1. The van der Waals surface area contributed by atoms with E-state index in [0.29, 0.717) is 29.4 Å². The third kappa shape index (κ3) is 3.91. The van der Waals surface area contributed by atoms with E-state index in [4.69, 9.17) is 0 Å². The highest BCUT2D eigenvalue weighted by atomic mass is 32.2. The molecule has 3 rings (SSSR count). The Kier molecular flexibility index (Phi) is 5.21. The minimum absolute atomic E-state index is 0.171. The molecule has 1 aromatic heterocycles. The molecule has 1 amide bonds.